The predicted octanol–water partition coefficient (Wildman–Crippen LogP) is 4.54. The van der Waals surface area contributed by atoms with Crippen molar-refractivity contribution >= 4 is 29.1 Å². The van der Waals surface area contributed by atoms with Gasteiger partial charge in [-0.05, 0) is 62.2 Å². The van der Waals surface area contributed by atoms with Crippen molar-refractivity contribution in [2.45, 2.75) is 38.5 Å². The lowest BCUT2D eigenvalue weighted by Gasteiger charge is -2.29. The van der Waals surface area contributed by atoms with Crippen LogP contribution in [0.2, 0.25) is 10.0 Å². The summed E-state index contributed by atoms with van der Waals surface area (Å²) in [4.78, 5) is 15.0. The van der Waals surface area contributed by atoms with E-state index >= 15 is 0 Å². The monoisotopic (exact) mass is 406 g/mol. The topological polar surface area (TPSA) is 41.6 Å². The number of carbonyl (C=O) groups is 1. The van der Waals surface area contributed by atoms with Crippen molar-refractivity contribution in [1.82, 2.24) is 10.2 Å². The molecule has 1 aliphatic heterocycles. The predicted molar refractivity (Wildman–Crippen MR) is 109 cm³/mol. The number of hydrogen-bond acceptors (Lipinski definition) is 3. The molecule has 0 aromatic heterocycles. The number of hydrogen-bond donors (Lipinski definition) is 1. The number of ether oxygens (including phenoxy) is 1. The largest absolute Gasteiger partial charge is 0.481 e. The fourth-order valence-corrected chi connectivity index (χ4v) is 3.71. The number of rotatable bonds is 7. The van der Waals surface area contributed by atoms with Gasteiger partial charge in [-0.15, -0.1) is 0 Å². The van der Waals surface area contributed by atoms with E-state index in [1.165, 1.54) is 0 Å². The normalized spacial score (nSPS) is 17.5. The SMILES string of the molecule is C[C@@H](Oc1cccc(Cl)c1)C(=O)N(Cc1cccc(Cl)c1)CC1CCCN1. The van der Waals surface area contributed by atoms with Crippen LogP contribution in [0.4, 0.5) is 0 Å². The van der Waals surface area contributed by atoms with E-state index in [9.17, 15) is 4.79 Å². The van der Waals surface area contributed by atoms with Crippen molar-refractivity contribution in [1.29, 1.82) is 0 Å². The molecule has 27 heavy (non-hydrogen) atoms. The molecule has 0 radical (unpaired) electrons. The van der Waals surface area contributed by atoms with E-state index in [1.54, 1.807) is 31.2 Å². The maximum atomic E-state index is 13.1. The van der Waals surface area contributed by atoms with Gasteiger partial charge in [-0.2, -0.15) is 0 Å². The molecule has 1 fully saturated rings. The molecule has 6 heteroatoms. The number of nitrogens with one attached hydrogen (secondary N) is 1. The van der Waals surface area contributed by atoms with Gasteiger partial charge in [0.15, 0.2) is 6.10 Å². The summed E-state index contributed by atoms with van der Waals surface area (Å²) in [6.45, 7) is 3.92. The molecule has 1 heterocycles. The summed E-state index contributed by atoms with van der Waals surface area (Å²) in [7, 11) is 0. The molecule has 1 N–H and O–H groups in total. The third-order valence-electron chi connectivity index (χ3n) is 4.63. The van der Waals surface area contributed by atoms with Gasteiger partial charge in [0.05, 0.1) is 0 Å². The Morgan fingerprint density at radius 3 is 2.63 bits per heavy atom. The van der Waals surface area contributed by atoms with E-state index in [2.05, 4.69) is 5.32 Å². The highest BCUT2D eigenvalue weighted by Crippen LogP contribution is 2.20. The number of halogens is 2. The van der Waals surface area contributed by atoms with Gasteiger partial charge >= 0.3 is 0 Å². The van der Waals surface area contributed by atoms with Gasteiger partial charge in [-0.3, -0.25) is 4.79 Å². The minimum atomic E-state index is -0.607. The summed E-state index contributed by atoms with van der Waals surface area (Å²) in [5.41, 5.74) is 1.00. The molecule has 0 spiro atoms. The van der Waals surface area contributed by atoms with E-state index < -0.39 is 6.10 Å². The van der Waals surface area contributed by atoms with Crippen molar-refractivity contribution in [2.75, 3.05) is 13.1 Å². The first-order chi connectivity index (χ1) is 13.0. The minimum Gasteiger partial charge on any atom is -0.481 e. The lowest BCUT2D eigenvalue weighted by atomic mass is 10.1. The average Bonchev–Trinajstić information content (AvgIpc) is 3.14. The van der Waals surface area contributed by atoms with Crippen LogP contribution in [0.3, 0.4) is 0 Å². The Kier molecular flexibility index (Phi) is 7.00. The second-order valence-corrected chi connectivity index (χ2v) is 7.73. The first kappa shape index (κ1) is 20.0. The Bertz CT molecular complexity index is 778. The Labute approximate surface area is 170 Å². The molecule has 0 saturated carbocycles. The summed E-state index contributed by atoms with van der Waals surface area (Å²) in [6.07, 6.45) is 1.60. The van der Waals surface area contributed by atoms with Crippen molar-refractivity contribution in [3.05, 3.63) is 64.1 Å². The molecule has 1 aliphatic rings. The van der Waals surface area contributed by atoms with Gasteiger partial charge in [0, 0.05) is 29.2 Å². The van der Waals surface area contributed by atoms with E-state index in [0.717, 1.165) is 24.9 Å². The minimum absolute atomic E-state index is 0.0522. The number of carbonyl (C=O) groups excluding carboxylic acids is 1. The zero-order chi connectivity index (χ0) is 19.2. The second kappa shape index (κ2) is 9.45. The Hall–Kier alpha value is -1.75. The van der Waals surface area contributed by atoms with Crippen LogP contribution in [0.5, 0.6) is 5.75 Å². The van der Waals surface area contributed by atoms with Gasteiger partial charge in [0.2, 0.25) is 0 Å². The van der Waals surface area contributed by atoms with Crippen molar-refractivity contribution in [2.24, 2.45) is 0 Å². The summed E-state index contributed by atoms with van der Waals surface area (Å²) in [6, 6.07) is 15.0. The molecular formula is C21H24Cl2N2O2. The highest BCUT2D eigenvalue weighted by atomic mass is 35.5. The molecule has 1 unspecified atom stereocenters. The van der Waals surface area contributed by atoms with Crippen LogP contribution in [0.25, 0.3) is 0 Å². The third kappa shape index (κ3) is 5.86. The molecule has 2 aromatic rings. The number of nitrogens with zero attached hydrogens (tertiary/aromatic N) is 1. The highest BCUT2D eigenvalue weighted by Gasteiger charge is 2.26. The molecule has 1 amide bonds. The lowest BCUT2D eigenvalue weighted by molar-refractivity contribution is -0.139. The van der Waals surface area contributed by atoms with Crippen LogP contribution in [-0.4, -0.2) is 36.0 Å². The highest BCUT2D eigenvalue weighted by molar-refractivity contribution is 6.30. The fourth-order valence-electron chi connectivity index (χ4n) is 3.32. The van der Waals surface area contributed by atoms with E-state index in [0.29, 0.717) is 34.9 Å². The van der Waals surface area contributed by atoms with Gasteiger partial charge in [-0.1, -0.05) is 41.4 Å². The van der Waals surface area contributed by atoms with Crippen molar-refractivity contribution in [3.63, 3.8) is 0 Å². The summed E-state index contributed by atoms with van der Waals surface area (Å²) < 4.78 is 5.84. The smallest absolute Gasteiger partial charge is 0.263 e. The molecule has 4 nitrogen and oxygen atoms in total. The third-order valence-corrected chi connectivity index (χ3v) is 5.10. The van der Waals surface area contributed by atoms with Crippen LogP contribution in [-0.2, 0) is 11.3 Å². The average molecular weight is 407 g/mol. The molecule has 0 bridgehead atoms. The van der Waals surface area contributed by atoms with E-state index in [4.69, 9.17) is 27.9 Å². The molecular weight excluding hydrogens is 383 g/mol. The Balaban J connectivity index is 1.72. The van der Waals surface area contributed by atoms with E-state index in [-0.39, 0.29) is 5.91 Å². The van der Waals surface area contributed by atoms with E-state index in [1.807, 2.05) is 29.2 Å². The lowest BCUT2D eigenvalue weighted by Crippen LogP contribution is -2.45. The first-order valence-electron chi connectivity index (χ1n) is 9.20. The van der Waals surface area contributed by atoms with Crippen LogP contribution in [0.1, 0.15) is 25.3 Å². The first-order valence-corrected chi connectivity index (χ1v) is 9.95. The Morgan fingerprint density at radius 2 is 1.96 bits per heavy atom. The number of benzene rings is 2. The van der Waals surface area contributed by atoms with Crippen LogP contribution >= 0.6 is 23.2 Å². The van der Waals surface area contributed by atoms with Crippen LogP contribution in [0.15, 0.2) is 48.5 Å². The van der Waals surface area contributed by atoms with Crippen LogP contribution in [0, 0.1) is 0 Å². The van der Waals surface area contributed by atoms with Gasteiger partial charge in [-0.25, -0.2) is 0 Å². The molecule has 0 aliphatic carbocycles. The zero-order valence-electron chi connectivity index (χ0n) is 15.3. The number of amides is 1. The maximum absolute atomic E-state index is 13.1. The second-order valence-electron chi connectivity index (χ2n) is 6.86. The van der Waals surface area contributed by atoms with Crippen molar-refractivity contribution in [3.8, 4) is 5.75 Å². The molecule has 1 saturated heterocycles. The van der Waals surface area contributed by atoms with Crippen LogP contribution < -0.4 is 10.1 Å². The molecule has 3 rings (SSSR count). The summed E-state index contributed by atoms with van der Waals surface area (Å²) in [5, 5.41) is 4.71. The Morgan fingerprint density at radius 1 is 1.22 bits per heavy atom. The fraction of sp³-hybridized carbons (Fsp3) is 0.381. The quantitative estimate of drug-likeness (QED) is 0.733. The molecule has 2 atom stereocenters. The summed E-state index contributed by atoms with van der Waals surface area (Å²) in [5.74, 6) is 0.536. The van der Waals surface area contributed by atoms with Crippen molar-refractivity contribution < 1.29 is 9.53 Å². The maximum Gasteiger partial charge on any atom is 0.263 e. The standard InChI is InChI=1S/C21H24Cl2N2O2/c1-15(27-20-9-3-7-18(23)12-20)21(26)25(14-19-8-4-10-24-19)13-16-5-2-6-17(22)11-16/h2-3,5-7,9,11-12,15,19,24H,4,8,10,13-14H2,1H3/t15-,19?/m1/s1. The van der Waals surface area contributed by atoms with Gasteiger partial charge in [0.1, 0.15) is 5.75 Å². The van der Waals surface area contributed by atoms with Gasteiger partial charge < -0.3 is 15.0 Å². The zero-order valence-corrected chi connectivity index (χ0v) is 16.8. The molecule has 2 aromatic carbocycles. The summed E-state index contributed by atoms with van der Waals surface area (Å²) >= 11 is 12.1. The molecule has 144 valence electrons. The van der Waals surface area contributed by atoms with Gasteiger partial charge in [0.25, 0.3) is 5.91 Å².